The van der Waals surface area contributed by atoms with E-state index in [1.807, 2.05) is 31.2 Å². The summed E-state index contributed by atoms with van der Waals surface area (Å²) in [6.45, 7) is 2.02. The maximum Gasteiger partial charge on any atom is 0.258 e. The van der Waals surface area contributed by atoms with Gasteiger partial charge in [-0.25, -0.2) is 9.80 Å². The summed E-state index contributed by atoms with van der Waals surface area (Å²) in [7, 11) is 1.55. The number of fused-ring (bicyclic) bond motifs is 1. The van der Waals surface area contributed by atoms with Crippen molar-refractivity contribution in [3.63, 3.8) is 0 Å². The minimum atomic E-state index is -0.0774. The molecule has 1 aliphatic carbocycles. The Bertz CT molecular complexity index is 465. The Morgan fingerprint density at radius 2 is 2.25 bits per heavy atom. The van der Waals surface area contributed by atoms with Gasteiger partial charge in [0.1, 0.15) is 6.04 Å². The summed E-state index contributed by atoms with van der Waals surface area (Å²) in [6.07, 6.45) is 11.3. The summed E-state index contributed by atoms with van der Waals surface area (Å²) < 4.78 is 5.16. The molecule has 0 spiro atoms. The summed E-state index contributed by atoms with van der Waals surface area (Å²) in [6, 6.07) is -0.0774. The van der Waals surface area contributed by atoms with Gasteiger partial charge in [-0.3, -0.25) is 0 Å². The molecule has 1 atom stereocenters. The lowest BCUT2D eigenvalue weighted by atomic mass is 9.92. The van der Waals surface area contributed by atoms with Gasteiger partial charge in [-0.05, 0) is 18.1 Å². The van der Waals surface area contributed by atoms with Crippen LogP contribution in [0.2, 0.25) is 0 Å². The van der Waals surface area contributed by atoms with E-state index in [1.54, 1.807) is 19.3 Å². The number of carbonyl (C=O) groups excluding carboxylic acids is 1. The highest BCUT2D eigenvalue weighted by Crippen LogP contribution is 2.30. The number of allylic oxidation sites excluding steroid dienone is 4. The third kappa shape index (κ3) is 1.59. The largest absolute Gasteiger partial charge is 0.481 e. The first-order valence-electron chi connectivity index (χ1n) is 4.96. The van der Waals surface area contributed by atoms with Gasteiger partial charge in [0.05, 0.1) is 7.11 Å². The third-order valence-corrected chi connectivity index (χ3v) is 2.67. The van der Waals surface area contributed by atoms with Crippen molar-refractivity contribution >= 4 is 6.08 Å². The van der Waals surface area contributed by atoms with Crippen LogP contribution in [-0.4, -0.2) is 24.2 Å². The molecule has 4 heteroatoms. The van der Waals surface area contributed by atoms with Crippen LogP contribution in [0.5, 0.6) is 0 Å². The number of ether oxygens (including phenoxy) is 1. The summed E-state index contributed by atoms with van der Waals surface area (Å²) in [5.74, 6) is 0.538. The van der Waals surface area contributed by atoms with Crippen molar-refractivity contribution < 1.29 is 9.53 Å². The highest BCUT2D eigenvalue weighted by molar-refractivity contribution is 5.48. The topological polar surface area (TPSA) is 41.9 Å². The van der Waals surface area contributed by atoms with E-state index >= 15 is 0 Å². The first kappa shape index (κ1) is 10.5. The fourth-order valence-electron chi connectivity index (χ4n) is 1.87. The maximum absolute atomic E-state index is 10.4. The molecule has 1 heterocycles. The zero-order valence-electron chi connectivity index (χ0n) is 9.18. The van der Waals surface area contributed by atoms with Crippen LogP contribution < -0.4 is 0 Å². The first-order chi connectivity index (χ1) is 7.77. The Morgan fingerprint density at radius 3 is 2.94 bits per heavy atom. The van der Waals surface area contributed by atoms with Gasteiger partial charge in [-0.2, -0.15) is 0 Å². The van der Waals surface area contributed by atoms with Gasteiger partial charge in [-0.15, -0.1) is 0 Å². The molecule has 82 valence electrons. The van der Waals surface area contributed by atoms with Crippen molar-refractivity contribution in [2.24, 2.45) is 5.10 Å². The van der Waals surface area contributed by atoms with Crippen LogP contribution in [0, 0.1) is 0 Å². The van der Waals surface area contributed by atoms with Crippen LogP contribution in [0.1, 0.15) is 6.92 Å². The fourth-order valence-corrected chi connectivity index (χ4v) is 1.87. The van der Waals surface area contributed by atoms with Crippen LogP contribution in [0.25, 0.3) is 0 Å². The molecule has 0 saturated heterocycles. The molecule has 0 bridgehead atoms. The number of methoxy groups -OCH3 is 1. The van der Waals surface area contributed by atoms with Gasteiger partial charge in [0.2, 0.25) is 5.88 Å². The monoisotopic (exact) mass is 216 g/mol. The average molecular weight is 216 g/mol. The molecule has 0 saturated carbocycles. The highest BCUT2D eigenvalue weighted by Gasteiger charge is 2.28. The fraction of sp³-hybridized carbons (Fsp3) is 0.250. The number of hydrogen-bond acceptors (Lipinski definition) is 4. The van der Waals surface area contributed by atoms with Crippen LogP contribution in [0.4, 0.5) is 0 Å². The van der Waals surface area contributed by atoms with E-state index in [4.69, 9.17) is 4.74 Å². The van der Waals surface area contributed by atoms with E-state index in [9.17, 15) is 4.79 Å². The molecule has 0 fully saturated rings. The number of isocyanates is 1. The Labute approximate surface area is 93.9 Å². The third-order valence-electron chi connectivity index (χ3n) is 2.67. The van der Waals surface area contributed by atoms with E-state index in [0.29, 0.717) is 5.88 Å². The average Bonchev–Trinajstić information content (AvgIpc) is 2.30. The normalized spacial score (nSPS) is 22.5. The van der Waals surface area contributed by atoms with Gasteiger partial charge in [-0.1, -0.05) is 29.4 Å². The van der Waals surface area contributed by atoms with E-state index in [1.165, 1.54) is 5.01 Å². The minimum Gasteiger partial charge on any atom is -0.481 e. The maximum atomic E-state index is 10.4. The zero-order valence-corrected chi connectivity index (χ0v) is 9.18. The Morgan fingerprint density at radius 1 is 1.44 bits per heavy atom. The number of hydrazone groups is 1. The number of nitrogens with zero attached hydrogens (tertiary/aromatic N) is 2. The van der Waals surface area contributed by atoms with Gasteiger partial charge < -0.3 is 4.74 Å². The highest BCUT2D eigenvalue weighted by atomic mass is 16.5. The smallest absolute Gasteiger partial charge is 0.258 e. The molecule has 2 rings (SSSR count). The molecular formula is C12H12N2O2. The summed E-state index contributed by atoms with van der Waals surface area (Å²) in [5.41, 5.74) is 2.27. The molecule has 4 nitrogen and oxygen atoms in total. The van der Waals surface area contributed by atoms with Crippen LogP contribution in [0.15, 0.2) is 52.5 Å². The number of hydrogen-bond donors (Lipinski definition) is 0. The van der Waals surface area contributed by atoms with Crippen molar-refractivity contribution in [1.29, 1.82) is 0 Å². The lowest BCUT2D eigenvalue weighted by Gasteiger charge is -2.32. The second-order valence-electron chi connectivity index (χ2n) is 3.55. The summed E-state index contributed by atoms with van der Waals surface area (Å²) >= 11 is 0. The predicted octanol–water partition coefficient (Wildman–Crippen LogP) is 1.85. The molecule has 0 aromatic heterocycles. The van der Waals surface area contributed by atoms with Gasteiger partial charge >= 0.3 is 0 Å². The molecule has 0 aromatic rings. The molecule has 16 heavy (non-hydrogen) atoms. The Kier molecular flexibility index (Phi) is 2.75. The van der Waals surface area contributed by atoms with Crippen molar-refractivity contribution in [3.8, 4) is 0 Å². The van der Waals surface area contributed by atoms with E-state index in [0.717, 1.165) is 11.1 Å². The number of rotatable bonds is 2. The minimum absolute atomic E-state index is 0.0774. The van der Waals surface area contributed by atoms with Crippen LogP contribution in [0.3, 0.4) is 0 Å². The quantitative estimate of drug-likeness (QED) is 0.522. The standard InChI is InChI=1S/C12H12N2O2/c1-9-4-3-5-11-10(9)6-7-12(16-2)14(11)13-8-15/h3-7,11H,1-2H3. The second-order valence-corrected chi connectivity index (χ2v) is 3.55. The molecule has 0 aromatic carbocycles. The van der Waals surface area contributed by atoms with E-state index < -0.39 is 0 Å². The van der Waals surface area contributed by atoms with Gasteiger partial charge in [0, 0.05) is 6.08 Å². The molecule has 0 amide bonds. The summed E-state index contributed by atoms with van der Waals surface area (Å²) in [4.78, 5) is 10.4. The zero-order chi connectivity index (χ0) is 11.5. The molecular weight excluding hydrogens is 204 g/mol. The van der Waals surface area contributed by atoms with Crippen molar-refractivity contribution in [2.45, 2.75) is 13.0 Å². The van der Waals surface area contributed by atoms with Gasteiger partial charge in [0.25, 0.3) is 6.08 Å². The predicted molar refractivity (Wildman–Crippen MR) is 59.8 cm³/mol. The molecule has 1 unspecified atom stereocenters. The van der Waals surface area contributed by atoms with Crippen molar-refractivity contribution in [2.75, 3.05) is 7.11 Å². The van der Waals surface area contributed by atoms with E-state index in [2.05, 4.69) is 5.10 Å². The van der Waals surface area contributed by atoms with Crippen LogP contribution >= 0.6 is 0 Å². The SMILES string of the molecule is COC1=CC=C2C(C)=CC=CC2N1N=C=O. The molecule has 2 aliphatic rings. The first-order valence-corrected chi connectivity index (χ1v) is 4.96. The lowest BCUT2D eigenvalue weighted by Crippen LogP contribution is -2.34. The van der Waals surface area contributed by atoms with Crippen LogP contribution in [-0.2, 0) is 9.53 Å². The van der Waals surface area contributed by atoms with Crippen molar-refractivity contribution in [3.05, 3.63) is 47.4 Å². The molecule has 0 radical (unpaired) electrons. The molecule has 1 aliphatic heterocycles. The summed E-state index contributed by atoms with van der Waals surface area (Å²) in [5, 5.41) is 5.19. The van der Waals surface area contributed by atoms with Gasteiger partial charge in [0.15, 0.2) is 0 Å². The van der Waals surface area contributed by atoms with E-state index in [-0.39, 0.29) is 6.04 Å². The Balaban J connectivity index is 2.45. The van der Waals surface area contributed by atoms with Crippen molar-refractivity contribution in [1.82, 2.24) is 5.01 Å². The Hall–Kier alpha value is -2.06. The lowest BCUT2D eigenvalue weighted by molar-refractivity contribution is 0.142. The second kappa shape index (κ2) is 4.21. The molecule has 0 N–H and O–H groups in total.